The molecule has 1 aromatic carbocycles. The number of ether oxygens (including phenoxy) is 2. The van der Waals surface area contributed by atoms with Crippen molar-refractivity contribution in [3.8, 4) is 5.75 Å². The van der Waals surface area contributed by atoms with Crippen molar-refractivity contribution in [3.05, 3.63) is 33.9 Å². The Morgan fingerprint density at radius 3 is 2.58 bits per heavy atom. The van der Waals surface area contributed by atoms with Crippen molar-refractivity contribution in [2.45, 2.75) is 6.10 Å². The quantitative estimate of drug-likeness (QED) is 0.622. The highest BCUT2D eigenvalue weighted by Gasteiger charge is 2.24. The monoisotopic (exact) mass is 277 g/mol. The average molecular weight is 277 g/mol. The predicted molar refractivity (Wildman–Crippen MR) is 56.9 cm³/mol. The summed E-state index contributed by atoms with van der Waals surface area (Å²) in [6, 6.07) is 0.732. The third-order valence-electron chi connectivity index (χ3n) is 2.06. The topological polar surface area (TPSA) is 98.9 Å². The molecule has 0 aliphatic carbocycles. The molecule has 7 nitrogen and oxygen atoms in total. The number of rotatable bonds is 6. The molecule has 1 N–H and O–H groups in total. The molecule has 0 spiro atoms. The molecule has 1 rings (SSSR count). The number of carboxylic acids is 1. The number of nitro benzene ring substituents is 1. The van der Waals surface area contributed by atoms with Crippen LogP contribution in [-0.4, -0.2) is 35.8 Å². The second-order valence-electron chi connectivity index (χ2n) is 3.39. The Hall–Kier alpha value is -2.29. The maximum absolute atomic E-state index is 13.4. The first-order valence-corrected chi connectivity index (χ1v) is 4.88. The van der Waals surface area contributed by atoms with E-state index in [2.05, 4.69) is 4.74 Å². The van der Waals surface area contributed by atoms with Gasteiger partial charge >= 0.3 is 11.7 Å². The van der Waals surface area contributed by atoms with E-state index >= 15 is 0 Å². The Bertz CT molecular complexity index is 507. The summed E-state index contributed by atoms with van der Waals surface area (Å²) in [5.74, 6) is -4.76. The molecule has 1 unspecified atom stereocenters. The molecule has 0 aliphatic heterocycles. The minimum absolute atomic E-state index is 0.316. The number of carboxylic acid groups (broad SMARTS) is 1. The Morgan fingerprint density at radius 2 is 2.11 bits per heavy atom. The first-order valence-electron chi connectivity index (χ1n) is 4.88. The van der Waals surface area contributed by atoms with Gasteiger partial charge in [0.05, 0.1) is 17.6 Å². The van der Waals surface area contributed by atoms with E-state index in [0.29, 0.717) is 12.1 Å². The van der Waals surface area contributed by atoms with Crippen molar-refractivity contribution in [1.29, 1.82) is 0 Å². The second-order valence-corrected chi connectivity index (χ2v) is 3.39. The largest absolute Gasteiger partial charge is 0.478 e. The molecule has 0 heterocycles. The second kappa shape index (κ2) is 6.05. The van der Waals surface area contributed by atoms with E-state index in [1.165, 1.54) is 7.11 Å². The van der Waals surface area contributed by atoms with Crippen LogP contribution in [0.1, 0.15) is 0 Å². The van der Waals surface area contributed by atoms with E-state index in [1.807, 2.05) is 0 Å². The molecule has 9 heteroatoms. The number of nitro groups is 1. The van der Waals surface area contributed by atoms with Crippen LogP contribution in [0.2, 0.25) is 0 Å². The van der Waals surface area contributed by atoms with Crippen molar-refractivity contribution >= 4 is 11.7 Å². The van der Waals surface area contributed by atoms with E-state index in [9.17, 15) is 23.7 Å². The maximum Gasteiger partial charge on any atom is 0.347 e. The fourth-order valence-electron chi connectivity index (χ4n) is 1.21. The van der Waals surface area contributed by atoms with E-state index in [1.54, 1.807) is 0 Å². The molecule has 0 radical (unpaired) electrons. The summed E-state index contributed by atoms with van der Waals surface area (Å²) in [5.41, 5.74) is -1.07. The van der Waals surface area contributed by atoms with Crippen molar-refractivity contribution in [1.82, 2.24) is 0 Å². The number of hydrogen-bond donors (Lipinski definition) is 1. The smallest absolute Gasteiger partial charge is 0.347 e. The zero-order valence-corrected chi connectivity index (χ0v) is 9.63. The summed E-state index contributed by atoms with van der Waals surface area (Å²) in [6.07, 6.45) is -1.56. The van der Waals surface area contributed by atoms with Gasteiger partial charge in [0.25, 0.3) is 0 Å². The van der Waals surface area contributed by atoms with Crippen LogP contribution in [0.3, 0.4) is 0 Å². The van der Waals surface area contributed by atoms with Crippen LogP contribution in [-0.2, 0) is 9.53 Å². The highest BCUT2D eigenvalue weighted by molar-refractivity contribution is 5.73. The molecule has 104 valence electrons. The van der Waals surface area contributed by atoms with Crippen LogP contribution in [0.5, 0.6) is 5.75 Å². The molecule has 0 saturated carbocycles. The van der Waals surface area contributed by atoms with Gasteiger partial charge in [-0.3, -0.25) is 10.1 Å². The Balaban J connectivity index is 3.04. The van der Waals surface area contributed by atoms with Gasteiger partial charge in [-0.15, -0.1) is 0 Å². The molecule has 0 aromatic heterocycles. The van der Waals surface area contributed by atoms with Crippen molar-refractivity contribution in [3.63, 3.8) is 0 Å². The first-order chi connectivity index (χ1) is 8.86. The predicted octanol–water partition coefficient (Wildman–Crippen LogP) is 1.35. The lowest BCUT2D eigenvalue weighted by Crippen LogP contribution is -2.31. The normalized spacial score (nSPS) is 11.9. The highest BCUT2D eigenvalue weighted by atomic mass is 19.1. The fraction of sp³-hybridized carbons (Fsp3) is 0.300. The fourth-order valence-corrected chi connectivity index (χ4v) is 1.21. The van der Waals surface area contributed by atoms with Crippen LogP contribution >= 0.6 is 0 Å². The zero-order valence-electron chi connectivity index (χ0n) is 9.63. The molecule has 0 amide bonds. The van der Waals surface area contributed by atoms with Crippen molar-refractivity contribution in [2.24, 2.45) is 0 Å². The van der Waals surface area contributed by atoms with Gasteiger partial charge in [0, 0.05) is 13.2 Å². The van der Waals surface area contributed by atoms with Gasteiger partial charge in [-0.25, -0.2) is 9.18 Å². The lowest BCUT2D eigenvalue weighted by Gasteiger charge is -2.14. The lowest BCUT2D eigenvalue weighted by atomic mass is 10.2. The van der Waals surface area contributed by atoms with Gasteiger partial charge < -0.3 is 14.6 Å². The highest BCUT2D eigenvalue weighted by Crippen LogP contribution is 2.27. The Labute approximate surface area is 105 Å². The number of aliphatic carboxylic acids is 1. The van der Waals surface area contributed by atoms with Gasteiger partial charge in [-0.2, -0.15) is 4.39 Å². The number of carbonyl (C=O) groups is 1. The van der Waals surface area contributed by atoms with Crippen LogP contribution in [0.15, 0.2) is 12.1 Å². The van der Waals surface area contributed by atoms with Crippen LogP contribution in [0, 0.1) is 21.7 Å². The average Bonchev–Trinajstić information content (AvgIpc) is 2.32. The molecule has 0 aliphatic rings. The molecule has 0 saturated heterocycles. The molecule has 1 aromatic rings. The third kappa shape index (κ3) is 3.58. The van der Waals surface area contributed by atoms with E-state index in [0.717, 1.165) is 0 Å². The number of benzene rings is 1. The van der Waals surface area contributed by atoms with E-state index < -0.39 is 46.7 Å². The SMILES string of the molecule is COCC(Oc1cc(F)c([N+](=O)[O-])cc1F)C(=O)O. The minimum atomic E-state index is -1.56. The Morgan fingerprint density at radius 1 is 1.47 bits per heavy atom. The number of methoxy groups -OCH3 is 1. The van der Waals surface area contributed by atoms with Gasteiger partial charge in [0.15, 0.2) is 11.6 Å². The summed E-state index contributed by atoms with van der Waals surface area (Å²) in [5, 5.41) is 19.1. The molecule has 19 heavy (non-hydrogen) atoms. The van der Waals surface area contributed by atoms with E-state index in [-0.39, 0.29) is 0 Å². The first kappa shape index (κ1) is 14.8. The molecule has 0 bridgehead atoms. The van der Waals surface area contributed by atoms with Crippen LogP contribution in [0.4, 0.5) is 14.5 Å². The third-order valence-corrected chi connectivity index (χ3v) is 2.06. The van der Waals surface area contributed by atoms with Crippen molar-refractivity contribution < 1.29 is 33.1 Å². The molecular weight excluding hydrogens is 268 g/mol. The van der Waals surface area contributed by atoms with Crippen molar-refractivity contribution in [2.75, 3.05) is 13.7 Å². The molecule has 1 atom stereocenters. The maximum atomic E-state index is 13.4. The summed E-state index contributed by atoms with van der Waals surface area (Å²) < 4.78 is 35.9. The lowest BCUT2D eigenvalue weighted by molar-refractivity contribution is -0.387. The molecular formula is C10H9F2NO6. The van der Waals surface area contributed by atoms with Gasteiger partial charge in [-0.05, 0) is 0 Å². The van der Waals surface area contributed by atoms with Gasteiger partial charge in [0.2, 0.25) is 11.9 Å². The van der Waals surface area contributed by atoms with Gasteiger partial charge in [-0.1, -0.05) is 0 Å². The zero-order chi connectivity index (χ0) is 14.6. The summed E-state index contributed by atoms with van der Waals surface area (Å²) in [7, 11) is 1.20. The molecule has 0 fully saturated rings. The summed E-state index contributed by atoms with van der Waals surface area (Å²) in [6.45, 7) is -0.395. The number of hydrogen-bond acceptors (Lipinski definition) is 5. The van der Waals surface area contributed by atoms with E-state index in [4.69, 9.17) is 9.84 Å². The summed E-state index contributed by atoms with van der Waals surface area (Å²) in [4.78, 5) is 20.0. The van der Waals surface area contributed by atoms with Crippen LogP contribution in [0.25, 0.3) is 0 Å². The summed E-state index contributed by atoms with van der Waals surface area (Å²) >= 11 is 0. The van der Waals surface area contributed by atoms with Crippen LogP contribution < -0.4 is 4.74 Å². The number of halogens is 2. The minimum Gasteiger partial charge on any atom is -0.478 e. The standard InChI is InChI=1S/C10H9F2NO6/c1-18-4-9(10(14)15)19-8-3-5(11)7(13(16)17)2-6(8)12/h2-3,9H,4H2,1H3,(H,14,15). The number of nitrogens with zero attached hydrogens (tertiary/aromatic N) is 1. The Kier molecular flexibility index (Phi) is 4.70. The van der Waals surface area contributed by atoms with Gasteiger partial charge in [0.1, 0.15) is 0 Å².